The average molecular weight is 279 g/mol. The molecular weight excluding hydrogens is 270 g/mol. The molecule has 4 aromatic heterocycles. The molecule has 0 aliphatic rings. The van der Waals surface area contributed by atoms with E-state index in [9.17, 15) is 4.79 Å². The number of fused-ring (bicyclic) bond motifs is 2. The molecule has 4 aromatic rings. The van der Waals surface area contributed by atoms with Gasteiger partial charge in [0.2, 0.25) is 5.78 Å². The lowest BCUT2D eigenvalue weighted by Crippen LogP contribution is -2.13. The predicted octanol–water partition coefficient (Wildman–Crippen LogP) is 1.02. The summed E-state index contributed by atoms with van der Waals surface area (Å²) in [7, 11) is 0. The van der Waals surface area contributed by atoms with Crippen molar-refractivity contribution in [1.82, 2.24) is 29.0 Å². The Morgan fingerprint density at radius 1 is 1.10 bits per heavy atom. The summed E-state index contributed by atoms with van der Waals surface area (Å²) in [5.74, 6) is 0.267. The van der Waals surface area contributed by atoms with E-state index in [0.717, 1.165) is 0 Å². The molecule has 8 nitrogen and oxygen atoms in total. The lowest BCUT2D eigenvalue weighted by Gasteiger charge is -2.03. The average Bonchev–Trinajstić information content (AvgIpc) is 3.13. The zero-order valence-electron chi connectivity index (χ0n) is 10.7. The molecule has 0 aromatic carbocycles. The number of anilines is 1. The standard InChI is InChI=1S/C13H9N7O/c21-12(9-6-16-13-15-3-5-19(13)8-9)18-10-7-17-20-4-1-2-14-11(10)20/h1-8H,(H,18,21). The topological polar surface area (TPSA) is 89.5 Å². The van der Waals surface area contributed by atoms with Crippen molar-refractivity contribution in [3.63, 3.8) is 0 Å². The number of aromatic nitrogens is 6. The molecule has 0 fully saturated rings. The smallest absolute Gasteiger partial charge is 0.258 e. The van der Waals surface area contributed by atoms with Gasteiger partial charge in [-0.1, -0.05) is 0 Å². The summed E-state index contributed by atoms with van der Waals surface area (Å²) in [6, 6.07) is 1.77. The van der Waals surface area contributed by atoms with Gasteiger partial charge in [-0.15, -0.1) is 0 Å². The highest BCUT2D eigenvalue weighted by Crippen LogP contribution is 2.14. The maximum absolute atomic E-state index is 12.3. The Morgan fingerprint density at radius 3 is 3.00 bits per heavy atom. The van der Waals surface area contributed by atoms with Crippen molar-refractivity contribution < 1.29 is 4.79 Å². The van der Waals surface area contributed by atoms with E-state index in [0.29, 0.717) is 22.7 Å². The third-order valence-electron chi connectivity index (χ3n) is 3.04. The number of carbonyl (C=O) groups is 1. The first-order valence-electron chi connectivity index (χ1n) is 6.20. The van der Waals surface area contributed by atoms with Crippen LogP contribution in [0.5, 0.6) is 0 Å². The molecule has 0 radical (unpaired) electrons. The maximum Gasteiger partial charge on any atom is 0.258 e. The summed E-state index contributed by atoms with van der Waals surface area (Å²) in [5, 5.41) is 6.90. The molecule has 0 saturated heterocycles. The van der Waals surface area contributed by atoms with Crippen LogP contribution in [0.4, 0.5) is 5.69 Å². The number of hydrogen-bond donors (Lipinski definition) is 1. The molecule has 0 aliphatic carbocycles. The van der Waals surface area contributed by atoms with Gasteiger partial charge < -0.3 is 5.32 Å². The van der Waals surface area contributed by atoms with Crippen molar-refractivity contribution in [3.8, 4) is 0 Å². The summed E-state index contributed by atoms with van der Waals surface area (Å²) in [4.78, 5) is 24.6. The van der Waals surface area contributed by atoms with E-state index in [-0.39, 0.29) is 5.91 Å². The Labute approximate surface area is 118 Å². The first-order chi connectivity index (χ1) is 10.3. The second-order valence-electron chi connectivity index (χ2n) is 4.38. The van der Waals surface area contributed by atoms with Crippen molar-refractivity contribution in [2.75, 3.05) is 5.32 Å². The van der Waals surface area contributed by atoms with Crippen LogP contribution in [0, 0.1) is 0 Å². The second kappa shape index (κ2) is 4.37. The van der Waals surface area contributed by atoms with Crippen LogP contribution in [0.2, 0.25) is 0 Å². The Morgan fingerprint density at radius 2 is 2.05 bits per heavy atom. The fraction of sp³-hybridized carbons (Fsp3) is 0. The SMILES string of the molecule is O=C(Nc1cnn2cccnc12)c1cnc2nccn2c1. The van der Waals surface area contributed by atoms with Crippen LogP contribution in [0.25, 0.3) is 11.4 Å². The van der Waals surface area contributed by atoms with E-state index in [1.807, 2.05) is 0 Å². The van der Waals surface area contributed by atoms with E-state index >= 15 is 0 Å². The number of imidazole rings is 1. The summed E-state index contributed by atoms with van der Waals surface area (Å²) >= 11 is 0. The molecule has 0 saturated carbocycles. The minimum Gasteiger partial charge on any atom is -0.317 e. The van der Waals surface area contributed by atoms with Gasteiger partial charge in [-0.2, -0.15) is 5.10 Å². The van der Waals surface area contributed by atoms with Gasteiger partial charge in [0.15, 0.2) is 5.65 Å². The van der Waals surface area contributed by atoms with Crippen LogP contribution in [0.1, 0.15) is 10.4 Å². The zero-order valence-corrected chi connectivity index (χ0v) is 10.7. The Hall–Kier alpha value is -3.29. The van der Waals surface area contributed by atoms with Gasteiger partial charge in [0.25, 0.3) is 5.91 Å². The minimum atomic E-state index is -0.279. The van der Waals surface area contributed by atoms with Crippen molar-refractivity contribution in [1.29, 1.82) is 0 Å². The number of nitrogens with zero attached hydrogens (tertiary/aromatic N) is 6. The largest absolute Gasteiger partial charge is 0.317 e. The molecule has 4 heterocycles. The third kappa shape index (κ3) is 1.89. The summed E-state index contributed by atoms with van der Waals surface area (Å²) in [5.41, 5.74) is 1.56. The number of amides is 1. The highest BCUT2D eigenvalue weighted by molar-refractivity contribution is 6.05. The molecule has 0 bridgehead atoms. The van der Waals surface area contributed by atoms with E-state index in [1.54, 1.807) is 52.2 Å². The normalized spacial score (nSPS) is 11.0. The molecule has 0 atom stereocenters. The van der Waals surface area contributed by atoms with Gasteiger partial charge in [0, 0.05) is 37.2 Å². The van der Waals surface area contributed by atoms with Crippen LogP contribution in [0.3, 0.4) is 0 Å². The van der Waals surface area contributed by atoms with Crippen LogP contribution in [0.15, 0.2) is 49.4 Å². The Balaban J connectivity index is 1.68. The molecule has 0 spiro atoms. The monoisotopic (exact) mass is 279 g/mol. The lowest BCUT2D eigenvalue weighted by atomic mass is 10.3. The lowest BCUT2D eigenvalue weighted by molar-refractivity contribution is 0.102. The second-order valence-corrected chi connectivity index (χ2v) is 4.38. The highest BCUT2D eigenvalue weighted by atomic mass is 16.1. The number of nitrogens with one attached hydrogen (secondary N) is 1. The van der Waals surface area contributed by atoms with Crippen molar-refractivity contribution in [2.24, 2.45) is 0 Å². The van der Waals surface area contributed by atoms with Gasteiger partial charge in [-0.05, 0) is 6.07 Å². The fourth-order valence-electron chi connectivity index (χ4n) is 2.04. The highest BCUT2D eigenvalue weighted by Gasteiger charge is 2.12. The third-order valence-corrected chi connectivity index (χ3v) is 3.04. The Bertz CT molecular complexity index is 955. The van der Waals surface area contributed by atoms with E-state index < -0.39 is 0 Å². The van der Waals surface area contributed by atoms with Gasteiger partial charge in [-0.25, -0.2) is 19.5 Å². The molecule has 0 aliphatic heterocycles. The summed E-state index contributed by atoms with van der Waals surface area (Å²) in [6.07, 6.45) is 11.5. The summed E-state index contributed by atoms with van der Waals surface area (Å²) < 4.78 is 3.27. The van der Waals surface area contributed by atoms with E-state index in [4.69, 9.17) is 0 Å². The van der Waals surface area contributed by atoms with Gasteiger partial charge >= 0.3 is 0 Å². The van der Waals surface area contributed by atoms with Crippen LogP contribution < -0.4 is 5.32 Å². The van der Waals surface area contributed by atoms with Crippen LogP contribution in [-0.4, -0.2) is 34.9 Å². The quantitative estimate of drug-likeness (QED) is 0.591. The first kappa shape index (κ1) is 11.5. The number of carbonyl (C=O) groups excluding carboxylic acids is 1. The number of hydrogen-bond acceptors (Lipinski definition) is 5. The van der Waals surface area contributed by atoms with Crippen LogP contribution in [-0.2, 0) is 0 Å². The van der Waals surface area contributed by atoms with E-state index in [1.165, 1.54) is 6.20 Å². The van der Waals surface area contributed by atoms with Gasteiger partial charge in [0.1, 0.15) is 5.69 Å². The van der Waals surface area contributed by atoms with Crippen molar-refractivity contribution >= 4 is 23.0 Å². The predicted molar refractivity (Wildman–Crippen MR) is 73.9 cm³/mol. The first-order valence-corrected chi connectivity index (χ1v) is 6.20. The van der Waals surface area contributed by atoms with Gasteiger partial charge in [-0.3, -0.25) is 9.20 Å². The molecule has 8 heteroatoms. The molecule has 102 valence electrons. The molecule has 21 heavy (non-hydrogen) atoms. The molecule has 1 amide bonds. The number of rotatable bonds is 2. The maximum atomic E-state index is 12.3. The minimum absolute atomic E-state index is 0.279. The summed E-state index contributed by atoms with van der Waals surface area (Å²) in [6.45, 7) is 0. The van der Waals surface area contributed by atoms with Crippen molar-refractivity contribution in [2.45, 2.75) is 0 Å². The molecular formula is C13H9N7O. The van der Waals surface area contributed by atoms with Gasteiger partial charge in [0.05, 0.1) is 11.8 Å². The van der Waals surface area contributed by atoms with Crippen molar-refractivity contribution in [3.05, 3.63) is 55.0 Å². The van der Waals surface area contributed by atoms with Crippen LogP contribution >= 0.6 is 0 Å². The zero-order chi connectivity index (χ0) is 14.2. The fourth-order valence-corrected chi connectivity index (χ4v) is 2.04. The molecule has 4 rings (SSSR count). The van der Waals surface area contributed by atoms with E-state index in [2.05, 4.69) is 25.4 Å². The molecule has 1 N–H and O–H groups in total. The Kier molecular flexibility index (Phi) is 2.40. The molecule has 0 unspecified atom stereocenters.